The van der Waals surface area contributed by atoms with E-state index in [0.29, 0.717) is 0 Å². The van der Waals surface area contributed by atoms with Crippen LogP contribution in [0.3, 0.4) is 0 Å². The summed E-state index contributed by atoms with van der Waals surface area (Å²) in [7, 11) is -2.99. The maximum Gasteiger partial charge on any atom is 0.337 e. The monoisotopic (exact) mass is 442 g/mol. The Kier molecular flexibility index (Phi) is 6.63. The largest absolute Gasteiger partial charge is 0.465 e. The third-order valence-corrected chi connectivity index (χ3v) is 5.87. The number of carbonyl (C=O) groups excluding carboxylic acids is 1. The first-order valence-corrected chi connectivity index (χ1v) is 10.4. The number of sulfonamides is 1. The summed E-state index contributed by atoms with van der Waals surface area (Å²) in [5.74, 6) is -0.568. The van der Waals surface area contributed by atoms with Gasteiger partial charge in [0, 0.05) is 12.1 Å². The molecule has 0 aliphatic heterocycles. The first kappa shape index (κ1) is 21.9. The molecule has 0 spiro atoms. The number of rotatable bonds is 8. The van der Waals surface area contributed by atoms with E-state index in [1.807, 2.05) is 6.07 Å². The van der Waals surface area contributed by atoms with Gasteiger partial charge in [0.05, 0.1) is 28.2 Å². The number of esters is 1. The first-order chi connectivity index (χ1) is 14.8. The highest BCUT2D eigenvalue weighted by atomic mass is 32.2. The molecule has 0 aliphatic rings. The molecule has 0 fully saturated rings. The van der Waals surface area contributed by atoms with Crippen molar-refractivity contribution in [1.29, 1.82) is 0 Å². The molecule has 31 heavy (non-hydrogen) atoms. The molecule has 0 heterocycles. The molecule has 3 aromatic carbocycles. The Labute approximate surface area is 178 Å². The molecule has 0 N–H and O–H groups in total. The van der Waals surface area contributed by atoms with Crippen molar-refractivity contribution in [2.75, 3.05) is 11.6 Å². The van der Waals surface area contributed by atoms with E-state index in [4.69, 9.17) is 4.84 Å². The summed E-state index contributed by atoms with van der Waals surface area (Å²) in [6.07, 6.45) is 0. The minimum absolute atomic E-state index is 0.0498. The zero-order valence-corrected chi connectivity index (χ0v) is 17.2. The fourth-order valence-electron chi connectivity index (χ4n) is 2.66. The minimum atomic E-state index is -4.23. The number of nitro benzene ring substituents is 1. The van der Waals surface area contributed by atoms with Gasteiger partial charge in [-0.15, -0.1) is 4.47 Å². The summed E-state index contributed by atoms with van der Waals surface area (Å²) in [5.41, 5.74) is 0.875. The van der Waals surface area contributed by atoms with Crippen LogP contribution in [0.15, 0.2) is 83.8 Å². The molecule has 0 atom stereocenters. The second-order valence-corrected chi connectivity index (χ2v) is 8.03. The number of carbonyl (C=O) groups is 1. The van der Waals surface area contributed by atoms with Gasteiger partial charge in [-0.3, -0.25) is 15.0 Å². The van der Waals surface area contributed by atoms with Crippen LogP contribution in [0, 0.1) is 10.1 Å². The number of anilines is 1. The molecule has 0 amide bonds. The fraction of sp³-hybridized carbons (Fsp3) is 0.0952. The summed E-state index contributed by atoms with van der Waals surface area (Å²) in [6.45, 7) is -0.0498. The molecule has 0 bridgehead atoms. The molecule has 3 rings (SSSR count). The van der Waals surface area contributed by atoms with Crippen LogP contribution in [0.1, 0.15) is 15.9 Å². The van der Waals surface area contributed by atoms with Crippen LogP contribution in [-0.4, -0.2) is 26.4 Å². The van der Waals surface area contributed by atoms with Crippen LogP contribution >= 0.6 is 0 Å². The van der Waals surface area contributed by atoms with E-state index in [2.05, 4.69) is 4.74 Å². The van der Waals surface area contributed by atoms with E-state index >= 15 is 0 Å². The lowest BCUT2D eigenvalue weighted by Gasteiger charge is -2.23. The van der Waals surface area contributed by atoms with Crippen LogP contribution < -0.4 is 4.47 Å². The van der Waals surface area contributed by atoms with Gasteiger partial charge in [0.1, 0.15) is 6.61 Å². The van der Waals surface area contributed by atoms with E-state index in [-0.39, 0.29) is 28.4 Å². The number of nitro groups is 1. The van der Waals surface area contributed by atoms with Crippen molar-refractivity contribution in [3.8, 4) is 0 Å². The van der Waals surface area contributed by atoms with Gasteiger partial charge < -0.3 is 4.74 Å². The zero-order chi connectivity index (χ0) is 22.4. The number of non-ortho nitro benzene ring substituents is 1. The highest BCUT2D eigenvalue weighted by molar-refractivity contribution is 7.92. The molecule has 160 valence electrons. The van der Waals surface area contributed by atoms with E-state index in [1.165, 1.54) is 31.4 Å². The summed E-state index contributed by atoms with van der Waals surface area (Å²) in [6, 6.07) is 19.0. The molecule has 0 aliphatic carbocycles. The number of hydrogen-bond acceptors (Lipinski definition) is 7. The van der Waals surface area contributed by atoms with Crippen molar-refractivity contribution in [3.05, 3.63) is 100 Å². The van der Waals surface area contributed by atoms with Gasteiger partial charge in [-0.25, -0.2) is 4.79 Å². The molecule has 3 aromatic rings. The zero-order valence-electron chi connectivity index (χ0n) is 16.4. The quantitative estimate of drug-likeness (QED) is 0.297. The Morgan fingerprint density at radius 1 is 0.968 bits per heavy atom. The van der Waals surface area contributed by atoms with Gasteiger partial charge in [0.25, 0.3) is 15.7 Å². The highest BCUT2D eigenvalue weighted by Crippen LogP contribution is 2.27. The van der Waals surface area contributed by atoms with Crippen LogP contribution in [0.4, 0.5) is 11.4 Å². The fourth-order valence-corrected chi connectivity index (χ4v) is 3.92. The number of hydrogen-bond donors (Lipinski definition) is 0. The summed E-state index contributed by atoms with van der Waals surface area (Å²) in [5, 5.41) is 10.9. The smallest absolute Gasteiger partial charge is 0.337 e. The predicted molar refractivity (Wildman–Crippen MR) is 112 cm³/mol. The minimum Gasteiger partial charge on any atom is -0.465 e. The first-order valence-electron chi connectivity index (χ1n) is 8.98. The topological polar surface area (TPSA) is 116 Å². The maximum atomic E-state index is 13.2. The molecule has 0 aromatic heterocycles. The molecular weight excluding hydrogens is 424 g/mol. The van der Waals surface area contributed by atoms with Crippen molar-refractivity contribution in [1.82, 2.24) is 0 Å². The SMILES string of the molecule is COC(=O)c1ccc(N(OCc2ccccc2)S(=O)(=O)c2ccc([N+](=O)[O-])cc2)cc1. The van der Waals surface area contributed by atoms with Crippen molar-refractivity contribution < 1.29 is 27.7 Å². The van der Waals surface area contributed by atoms with E-state index in [1.54, 1.807) is 24.3 Å². The molecule has 0 unspecified atom stereocenters. The average Bonchev–Trinajstić information content (AvgIpc) is 2.79. The molecule has 0 radical (unpaired) electrons. The second-order valence-electron chi connectivity index (χ2n) is 6.28. The van der Waals surface area contributed by atoms with Gasteiger partial charge in [0.2, 0.25) is 0 Å². The molecule has 9 nitrogen and oxygen atoms in total. The lowest BCUT2D eigenvalue weighted by molar-refractivity contribution is -0.384. The standard InChI is InChI=1S/C21H18N2O7S/c1-29-21(24)17-7-9-19(10-8-17)23(30-15-16-5-3-2-4-6-16)31(27,28)20-13-11-18(12-14-20)22(25)26/h2-14H,15H2,1H3. The Bertz CT molecular complexity index is 1160. The van der Waals surface area contributed by atoms with Gasteiger partial charge >= 0.3 is 5.97 Å². The van der Waals surface area contributed by atoms with Gasteiger partial charge in [-0.2, -0.15) is 8.42 Å². The molecule has 0 saturated carbocycles. The normalized spacial score (nSPS) is 11.0. The lowest BCUT2D eigenvalue weighted by Crippen LogP contribution is -2.31. The van der Waals surface area contributed by atoms with Crippen molar-refractivity contribution >= 4 is 27.4 Å². The Hall–Kier alpha value is -3.76. The van der Waals surface area contributed by atoms with E-state index in [9.17, 15) is 23.3 Å². The lowest BCUT2D eigenvalue weighted by atomic mass is 10.2. The van der Waals surface area contributed by atoms with Crippen molar-refractivity contribution in [2.45, 2.75) is 11.5 Å². The van der Waals surface area contributed by atoms with Crippen LogP contribution in [0.5, 0.6) is 0 Å². The summed E-state index contributed by atoms with van der Waals surface area (Å²) < 4.78 is 31.9. The second kappa shape index (κ2) is 9.37. The number of nitrogens with zero attached hydrogens (tertiary/aromatic N) is 2. The molecule has 0 saturated heterocycles. The number of benzene rings is 3. The van der Waals surface area contributed by atoms with Gasteiger partial charge in [-0.1, -0.05) is 30.3 Å². The van der Waals surface area contributed by atoms with E-state index in [0.717, 1.165) is 34.3 Å². The van der Waals surface area contributed by atoms with Crippen molar-refractivity contribution in [2.24, 2.45) is 0 Å². The van der Waals surface area contributed by atoms with Crippen LogP contribution in [0.2, 0.25) is 0 Å². The van der Waals surface area contributed by atoms with Crippen LogP contribution in [0.25, 0.3) is 0 Å². The third-order valence-electron chi connectivity index (χ3n) is 4.25. The third kappa shape index (κ3) is 5.05. The summed E-state index contributed by atoms with van der Waals surface area (Å²) in [4.78, 5) is 27.4. The predicted octanol–water partition coefficient (Wildman–Crippen LogP) is 3.71. The number of methoxy groups -OCH3 is 1. The molecule has 10 heteroatoms. The summed E-state index contributed by atoms with van der Waals surface area (Å²) >= 11 is 0. The Balaban J connectivity index is 1.97. The average molecular weight is 442 g/mol. The van der Waals surface area contributed by atoms with Gasteiger partial charge in [-0.05, 0) is 42.0 Å². The Morgan fingerprint density at radius 3 is 2.13 bits per heavy atom. The number of ether oxygens (including phenoxy) is 1. The maximum absolute atomic E-state index is 13.2. The van der Waals surface area contributed by atoms with Crippen molar-refractivity contribution in [3.63, 3.8) is 0 Å². The highest BCUT2D eigenvalue weighted by Gasteiger charge is 2.27. The van der Waals surface area contributed by atoms with Crippen LogP contribution in [-0.2, 0) is 26.2 Å². The molecular formula is C21H18N2O7S. The Morgan fingerprint density at radius 2 is 1.58 bits per heavy atom. The van der Waals surface area contributed by atoms with E-state index < -0.39 is 20.9 Å². The van der Waals surface area contributed by atoms with Gasteiger partial charge in [0.15, 0.2) is 0 Å².